The van der Waals surface area contributed by atoms with E-state index in [0.29, 0.717) is 22.7 Å². The van der Waals surface area contributed by atoms with Crippen LogP contribution in [0.5, 0.6) is 5.75 Å². The number of hydrogen-bond donors (Lipinski definition) is 2. The standard InChI is InChI=1S/C12H14N4O4S/c1-20-7-2-3-9-10(4-7)15-12(14-9)16-6-8(5-11(16)17)21(13,18)19/h2-4,8H,5-6H2,1H3,(H,14,15)(H2,13,18,19). The summed E-state index contributed by atoms with van der Waals surface area (Å²) in [5.74, 6) is 0.655. The normalized spacial score (nSPS) is 19.4. The zero-order chi connectivity index (χ0) is 15.2. The fourth-order valence-corrected chi connectivity index (χ4v) is 3.06. The molecule has 2 aromatic rings. The molecule has 1 atom stereocenters. The Kier molecular flexibility index (Phi) is 3.10. The van der Waals surface area contributed by atoms with Crippen molar-refractivity contribution in [2.75, 3.05) is 18.6 Å². The quantitative estimate of drug-likeness (QED) is 0.825. The number of carbonyl (C=O) groups is 1. The van der Waals surface area contributed by atoms with Crippen LogP contribution in [0.4, 0.5) is 5.95 Å². The summed E-state index contributed by atoms with van der Waals surface area (Å²) in [5, 5.41) is 4.21. The summed E-state index contributed by atoms with van der Waals surface area (Å²) < 4.78 is 27.8. The minimum atomic E-state index is -3.74. The number of anilines is 1. The minimum absolute atomic E-state index is 0.00856. The monoisotopic (exact) mass is 310 g/mol. The predicted octanol–water partition coefficient (Wildman–Crippen LogP) is -0.0347. The van der Waals surface area contributed by atoms with Crippen LogP contribution < -0.4 is 14.8 Å². The third-order valence-corrected chi connectivity index (χ3v) is 4.73. The first-order chi connectivity index (χ1) is 9.88. The highest BCUT2D eigenvalue weighted by Crippen LogP contribution is 2.26. The van der Waals surface area contributed by atoms with Gasteiger partial charge in [0.1, 0.15) is 11.0 Å². The van der Waals surface area contributed by atoms with Crippen molar-refractivity contribution in [2.45, 2.75) is 11.7 Å². The summed E-state index contributed by atoms with van der Waals surface area (Å²) in [6.45, 7) is 0.00856. The van der Waals surface area contributed by atoms with Crippen molar-refractivity contribution in [3.05, 3.63) is 18.2 Å². The lowest BCUT2D eigenvalue weighted by atomic mass is 10.3. The Labute approximate surface area is 120 Å². The molecule has 1 aliphatic rings. The van der Waals surface area contributed by atoms with Gasteiger partial charge >= 0.3 is 0 Å². The van der Waals surface area contributed by atoms with Crippen molar-refractivity contribution in [2.24, 2.45) is 5.14 Å². The number of nitrogens with zero attached hydrogens (tertiary/aromatic N) is 2. The molecule has 0 spiro atoms. The van der Waals surface area contributed by atoms with Gasteiger partial charge in [0.15, 0.2) is 0 Å². The molecule has 21 heavy (non-hydrogen) atoms. The molecule has 0 saturated carbocycles. The van der Waals surface area contributed by atoms with Gasteiger partial charge in [0, 0.05) is 19.0 Å². The van der Waals surface area contributed by atoms with Crippen LogP contribution in [0.25, 0.3) is 11.0 Å². The van der Waals surface area contributed by atoms with Crippen LogP contribution in [0.2, 0.25) is 0 Å². The summed E-state index contributed by atoms with van der Waals surface area (Å²) in [6, 6.07) is 5.27. The number of rotatable bonds is 3. The van der Waals surface area contributed by atoms with Crippen molar-refractivity contribution < 1.29 is 17.9 Å². The van der Waals surface area contributed by atoms with Crippen LogP contribution >= 0.6 is 0 Å². The highest BCUT2D eigenvalue weighted by Gasteiger charge is 2.38. The lowest BCUT2D eigenvalue weighted by Gasteiger charge is -2.12. The molecule has 1 fully saturated rings. The number of nitrogens with one attached hydrogen (secondary N) is 1. The van der Waals surface area contributed by atoms with Crippen molar-refractivity contribution >= 4 is 32.9 Å². The molecule has 1 aromatic carbocycles. The van der Waals surface area contributed by atoms with Gasteiger partial charge in [0.2, 0.25) is 21.9 Å². The number of H-pyrrole nitrogens is 1. The lowest BCUT2D eigenvalue weighted by Crippen LogP contribution is -2.32. The van der Waals surface area contributed by atoms with Crippen molar-refractivity contribution in [3.63, 3.8) is 0 Å². The van der Waals surface area contributed by atoms with Crippen LogP contribution in [0.1, 0.15) is 6.42 Å². The Bertz CT molecular complexity index is 814. The molecule has 2 heterocycles. The molecule has 1 aromatic heterocycles. The first-order valence-electron chi connectivity index (χ1n) is 6.24. The average molecular weight is 310 g/mol. The second-order valence-electron chi connectivity index (χ2n) is 4.86. The Morgan fingerprint density at radius 1 is 1.48 bits per heavy atom. The Hall–Kier alpha value is -2.13. The summed E-state index contributed by atoms with van der Waals surface area (Å²) in [5.41, 5.74) is 1.37. The zero-order valence-corrected chi connectivity index (χ0v) is 12.1. The number of aromatic nitrogens is 2. The van der Waals surface area contributed by atoms with E-state index in [2.05, 4.69) is 9.97 Å². The topological polar surface area (TPSA) is 118 Å². The van der Waals surface area contributed by atoms with Gasteiger partial charge in [-0.2, -0.15) is 0 Å². The second-order valence-corrected chi connectivity index (χ2v) is 6.71. The maximum Gasteiger partial charge on any atom is 0.230 e. The van der Waals surface area contributed by atoms with Crippen LogP contribution in [0.15, 0.2) is 18.2 Å². The molecule has 1 amide bonds. The number of hydrogen-bond acceptors (Lipinski definition) is 5. The average Bonchev–Trinajstić information content (AvgIpc) is 2.99. The maximum absolute atomic E-state index is 12.0. The number of amides is 1. The van der Waals surface area contributed by atoms with E-state index in [9.17, 15) is 13.2 Å². The third-order valence-electron chi connectivity index (χ3n) is 3.49. The molecule has 1 aliphatic heterocycles. The molecule has 8 nitrogen and oxygen atoms in total. The summed E-state index contributed by atoms with van der Waals surface area (Å²) in [6.07, 6.45) is -0.126. The number of sulfonamides is 1. The molecule has 1 unspecified atom stereocenters. The van der Waals surface area contributed by atoms with Gasteiger partial charge in [0.05, 0.1) is 18.1 Å². The molecule has 112 valence electrons. The summed E-state index contributed by atoms with van der Waals surface area (Å²) >= 11 is 0. The highest BCUT2D eigenvalue weighted by atomic mass is 32.2. The molecular weight excluding hydrogens is 296 g/mol. The number of methoxy groups -OCH3 is 1. The lowest BCUT2D eigenvalue weighted by molar-refractivity contribution is -0.117. The zero-order valence-electron chi connectivity index (χ0n) is 11.2. The van der Waals surface area contributed by atoms with E-state index in [1.165, 1.54) is 4.90 Å². The van der Waals surface area contributed by atoms with Crippen molar-refractivity contribution in [3.8, 4) is 5.75 Å². The predicted molar refractivity (Wildman–Crippen MR) is 76.5 cm³/mol. The number of primary sulfonamides is 1. The number of ether oxygens (including phenoxy) is 1. The summed E-state index contributed by atoms with van der Waals surface area (Å²) in [4.78, 5) is 20.5. The maximum atomic E-state index is 12.0. The van der Waals surface area contributed by atoms with E-state index in [1.807, 2.05) is 0 Å². The van der Waals surface area contributed by atoms with E-state index in [-0.39, 0.29) is 18.9 Å². The van der Waals surface area contributed by atoms with Gasteiger partial charge in [-0.25, -0.2) is 18.5 Å². The van der Waals surface area contributed by atoms with Gasteiger partial charge in [-0.05, 0) is 12.1 Å². The van der Waals surface area contributed by atoms with Gasteiger partial charge < -0.3 is 9.72 Å². The number of benzene rings is 1. The van der Waals surface area contributed by atoms with Crippen LogP contribution in [0.3, 0.4) is 0 Å². The van der Waals surface area contributed by atoms with Crippen LogP contribution in [-0.4, -0.2) is 43.2 Å². The van der Waals surface area contributed by atoms with E-state index < -0.39 is 15.3 Å². The van der Waals surface area contributed by atoms with E-state index in [1.54, 1.807) is 25.3 Å². The third kappa shape index (κ3) is 2.45. The molecule has 3 rings (SSSR count). The van der Waals surface area contributed by atoms with Gasteiger partial charge in [0.25, 0.3) is 0 Å². The summed E-state index contributed by atoms with van der Waals surface area (Å²) in [7, 11) is -2.19. The Morgan fingerprint density at radius 2 is 2.24 bits per heavy atom. The van der Waals surface area contributed by atoms with Crippen LogP contribution in [-0.2, 0) is 14.8 Å². The molecule has 0 radical (unpaired) electrons. The molecule has 3 N–H and O–H groups in total. The van der Waals surface area contributed by atoms with Crippen molar-refractivity contribution in [1.29, 1.82) is 0 Å². The first-order valence-corrected chi connectivity index (χ1v) is 7.85. The fourth-order valence-electron chi connectivity index (χ4n) is 2.33. The minimum Gasteiger partial charge on any atom is -0.497 e. The number of imidazole rings is 1. The van der Waals surface area contributed by atoms with Crippen LogP contribution in [0, 0.1) is 0 Å². The molecule has 1 saturated heterocycles. The van der Waals surface area contributed by atoms with Gasteiger partial charge in [-0.1, -0.05) is 0 Å². The number of carbonyl (C=O) groups excluding carboxylic acids is 1. The fraction of sp³-hybridized carbons (Fsp3) is 0.333. The first kappa shape index (κ1) is 13.8. The molecular formula is C12H14N4O4S. The molecule has 0 bridgehead atoms. The van der Waals surface area contributed by atoms with E-state index in [4.69, 9.17) is 9.88 Å². The largest absolute Gasteiger partial charge is 0.497 e. The van der Waals surface area contributed by atoms with Crippen molar-refractivity contribution in [1.82, 2.24) is 9.97 Å². The SMILES string of the molecule is COc1ccc2nc(N3CC(S(N)(=O)=O)CC3=O)[nH]c2c1. The molecule has 0 aliphatic carbocycles. The molecule has 9 heteroatoms. The number of fused-ring (bicyclic) bond motifs is 1. The second kappa shape index (κ2) is 4.71. The Balaban J connectivity index is 1.95. The highest BCUT2D eigenvalue weighted by molar-refractivity contribution is 7.89. The smallest absolute Gasteiger partial charge is 0.230 e. The van der Waals surface area contributed by atoms with Gasteiger partial charge in [-0.15, -0.1) is 0 Å². The van der Waals surface area contributed by atoms with E-state index >= 15 is 0 Å². The number of nitrogens with two attached hydrogens (primary N) is 1. The van der Waals surface area contributed by atoms with E-state index in [0.717, 1.165) is 0 Å². The number of aromatic amines is 1. The van der Waals surface area contributed by atoms with Gasteiger partial charge in [-0.3, -0.25) is 9.69 Å². The Morgan fingerprint density at radius 3 is 2.86 bits per heavy atom.